The van der Waals surface area contributed by atoms with Crippen LogP contribution in [0.25, 0.3) is 0 Å². The lowest BCUT2D eigenvalue weighted by atomic mass is 10.0. The Morgan fingerprint density at radius 3 is 2.31 bits per heavy atom. The van der Waals surface area contributed by atoms with Crippen LogP contribution in [0.15, 0.2) is 60.7 Å². The largest absolute Gasteiger partial charge is 0.462 e. The Bertz CT molecular complexity index is 969. The van der Waals surface area contributed by atoms with Crippen LogP contribution < -0.4 is 5.32 Å². The highest BCUT2D eigenvalue weighted by Gasteiger charge is 2.38. The first-order valence-corrected chi connectivity index (χ1v) is 12.5. The van der Waals surface area contributed by atoms with E-state index >= 15 is 0 Å². The monoisotopic (exact) mass is 496 g/mol. The van der Waals surface area contributed by atoms with Crippen LogP contribution in [0, 0.1) is 0 Å². The van der Waals surface area contributed by atoms with Crippen molar-refractivity contribution in [3.63, 3.8) is 0 Å². The highest BCUT2D eigenvalue weighted by atomic mass is 16.6. The summed E-state index contributed by atoms with van der Waals surface area (Å²) in [6, 6.07) is 17.4. The van der Waals surface area contributed by atoms with E-state index in [-0.39, 0.29) is 19.1 Å². The van der Waals surface area contributed by atoms with Crippen molar-refractivity contribution in [2.45, 2.75) is 57.3 Å². The molecular formula is C28H36N2O6. The fraction of sp³-hybridized carbons (Fsp3) is 0.464. The van der Waals surface area contributed by atoms with E-state index in [1.54, 1.807) is 11.8 Å². The number of ether oxygens (including phenoxy) is 3. The topological polar surface area (TPSA) is 94.2 Å². The second-order valence-electron chi connectivity index (χ2n) is 8.91. The summed E-state index contributed by atoms with van der Waals surface area (Å²) >= 11 is 0. The maximum atomic E-state index is 13.3. The summed E-state index contributed by atoms with van der Waals surface area (Å²) in [5.74, 6) is -1.07. The van der Waals surface area contributed by atoms with E-state index in [0.717, 1.165) is 17.5 Å². The fourth-order valence-corrected chi connectivity index (χ4v) is 4.27. The van der Waals surface area contributed by atoms with E-state index in [2.05, 4.69) is 5.32 Å². The Morgan fingerprint density at radius 1 is 0.972 bits per heavy atom. The molecule has 194 valence electrons. The van der Waals surface area contributed by atoms with Crippen LogP contribution in [-0.4, -0.2) is 67.7 Å². The predicted molar refractivity (Wildman–Crippen MR) is 135 cm³/mol. The summed E-state index contributed by atoms with van der Waals surface area (Å²) in [5, 5.41) is 3.17. The summed E-state index contributed by atoms with van der Waals surface area (Å²) in [6.07, 6.45) is 2.40. The molecule has 0 unspecified atom stereocenters. The van der Waals surface area contributed by atoms with Gasteiger partial charge in [-0.15, -0.1) is 0 Å². The minimum atomic E-state index is -0.678. The van der Waals surface area contributed by atoms with Gasteiger partial charge < -0.3 is 19.1 Å². The predicted octanol–water partition coefficient (Wildman–Crippen LogP) is 2.89. The number of nitrogens with one attached hydrogen (secondary N) is 1. The number of benzene rings is 2. The van der Waals surface area contributed by atoms with Gasteiger partial charge >= 0.3 is 11.9 Å². The van der Waals surface area contributed by atoms with Crippen molar-refractivity contribution in [1.82, 2.24) is 10.2 Å². The van der Waals surface area contributed by atoms with Crippen molar-refractivity contribution in [1.29, 1.82) is 0 Å². The van der Waals surface area contributed by atoms with Gasteiger partial charge in [-0.05, 0) is 43.7 Å². The molecule has 1 heterocycles. The molecule has 36 heavy (non-hydrogen) atoms. The highest BCUT2D eigenvalue weighted by Crippen LogP contribution is 2.20. The molecule has 0 aromatic heterocycles. The summed E-state index contributed by atoms with van der Waals surface area (Å²) in [5.41, 5.74) is 1.99. The lowest BCUT2D eigenvalue weighted by molar-refractivity contribution is -0.155. The van der Waals surface area contributed by atoms with Gasteiger partial charge in [0.2, 0.25) is 5.91 Å². The molecule has 0 bridgehead atoms. The van der Waals surface area contributed by atoms with Crippen LogP contribution in [-0.2, 0) is 41.6 Å². The Morgan fingerprint density at radius 2 is 1.64 bits per heavy atom. The summed E-state index contributed by atoms with van der Waals surface area (Å²) in [6.45, 7) is 2.80. The zero-order valence-electron chi connectivity index (χ0n) is 21.1. The van der Waals surface area contributed by atoms with E-state index in [1.807, 2.05) is 60.7 Å². The Kier molecular flexibility index (Phi) is 10.9. The van der Waals surface area contributed by atoms with Crippen molar-refractivity contribution in [3.8, 4) is 0 Å². The van der Waals surface area contributed by atoms with Gasteiger partial charge in [0.1, 0.15) is 25.3 Å². The fourth-order valence-electron chi connectivity index (χ4n) is 4.27. The first kappa shape index (κ1) is 27.4. The zero-order chi connectivity index (χ0) is 25.8. The normalized spacial score (nSPS) is 16.8. The van der Waals surface area contributed by atoms with E-state index in [4.69, 9.17) is 14.2 Å². The number of rotatable bonds is 13. The number of carbonyl (C=O) groups excluding carboxylic acids is 3. The Hall–Kier alpha value is -3.23. The van der Waals surface area contributed by atoms with E-state index < -0.39 is 30.1 Å². The highest BCUT2D eigenvalue weighted by molar-refractivity contribution is 5.88. The van der Waals surface area contributed by atoms with E-state index in [0.29, 0.717) is 32.4 Å². The molecule has 3 rings (SSSR count). The molecule has 1 fully saturated rings. The van der Waals surface area contributed by atoms with Gasteiger partial charge in [-0.25, -0.2) is 4.79 Å². The number of carbonyl (C=O) groups is 3. The molecular weight excluding hydrogens is 460 g/mol. The SMILES string of the molecule is COCCOC(=O)[C@@H]1CCCN1C(=O)[C@H](C)N[C@@H](CCc1ccccc1)C(=O)OCc1ccccc1. The van der Waals surface area contributed by atoms with Crippen LogP contribution >= 0.6 is 0 Å². The smallest absolute Gasteiger partial charge is 0.328 e. The molecule has 0 spiro atoms. The molecule has 8 nitrogen and oxygen atoms in total. The molecule has 2 aromatic carbocycles. The number of methoxy groups -OCH3 is 1. The van der Waals surface area contributed by atoms with Gasteiger partial charge in [0, 0.05) is 13.7 Å². The molecule has 1 saturated heterocycles. The van der Waals surface area contributed by atoms with Gasteiger partial charge in [0.25, 0.3) is 0 Å². The lowest BCUT2D eigenvalue weighted by Gasteiger charge is -2.28. The molecule has 0 aliphatic carbocycles. The summed E-state index contributed by atoms with van der Waals surface area (Å²) in [7, 11) is 1.53. The molecule has 2 aromatic rings. The third kappa shape index (κ3) is 8.17. The van der Waals surface area contributed by atoms with Crippen LogP contribution in [0.5, 0.6) is 0 Å². The van der Waals surface area contributed by atoms with Crippen molar-refractivity contribution < 1.29 is 28.6 Å². The first-order valence-electron chi connectivity index (χ1n) is 12.5. The van der Waals surface area contributed by atoms with Gasteiger partial charge in [0.05, 0.1) is 12.6 Å². The molecule has 1 aliphatic rings. The first-order chi connectivity index (χ1) is 17.5. The number of hydrogen-bond acceptors (Lipinski definition) is 7. The number of likely N-dealkylation sites (tertiary alicyclic amines) is 1. The number of nitrogens with zero attached hydrogens (tertiary/aromatic N) is 1. The molecule has 0 radical (unpaired) electrons. The number of aryl methyl sites for hydroxylation is 1. The Labute approximate surface area is 212 Å². The average molecular weight is 497 g/mol. The van der Waals surface area contributed by atoms with Crippen molar-refractivity contribution in [3.05, 3.63) is 71.8 Å². The van der Waals surface area contributed by atoms with Crippen molar-refractivity contribution in [2.24, 2.45) is 0 Å². The minimum Gasteiger partial charge on any atom is -0.462 e. The molecule has 1 amide bonds. The van der Waals surface area contributed by atoms with E-state index in [9.17, 15) is 14.4 Å². The maximum absolute atomic E-state index is 13.3. The zero-order valence-corrected chi connectivity index (χ0v) is 21.1. The van der Waals surface area contributed by atoms with Crippen molar-refractivity contribution >= 4 is 17.8 Å². The molecule has 1 N–H and O–H groups in total. The Balaban J connectivity index is 1.63. The number of esters is 2. The molecule has 3 atom stereocenters. The maximum Gasteiger partial charge on any atom is 0.328 e. The molecule has 1 aliphatic heterocycles. The van der Waals surface area contributed by atoms with E-state index in [1.165, 1.54) is 7.11 Å². The second kappa shape index (κ2) is 14.4. The van der Waals surface area contributed by atoms with Crippen LogP contribution in [0.2, 0.25) is 0 Å². The molecule has 0 saturated carbocycles. The number of hydrogen-bond donors (Lipinski definition) is 1. The third-order valence-electron chi connectivity index (χ3n) is 6.23. The van der Waals surface area contributed by atoms with Gasteiger partial charge in [-0.1, -0.05) is 60.7 Å². The third-order valence-corrected chi connectivity index (χ3v) is 6.23. The van der Waals surface area contributed by atoms with Gasteiger partial charge in [-0.2, -0.15) is 0 Å². The molecule has 8 heteroatoms. The lowest BCUT2D eigenvalue weighted by Crippen LogP contribution is -2.53. The minimum absolute atomic E-state index is 0.149. The van der Waals surface area contributed by atoms with Crippen molar-refractivity contribution in [2.75, 3.05) is 26.9 Å². The standard InChI is InChI=1S/C28H36N2O6/c1-21(26(31)30-17-9-14-25(30)28(33)35-19-18-34-2)29-24(16-15-22-10-5-3-6-11-22)27(32)36-20-23-12-7-4-8-13-23/h3-8,10-13,21,24-25,29H,9,14-20H2,1-2H3/t21-,24-,25-/m0/s1. The van der Waals surface area contributed by atoms with Gasteiger partial charge in [0.15, 0.2) is 0 Å². The quantitative estimate of drug-likeness (QED) is 0.337. The van der Waals surface area contributed by atoms with Crippen LogP contribution in [0.3, 0.4) is 0 Å². The second-order valence-corrected chi connectivity index (χ2v) is 8.91. The van der Waals surface area contributed by atoms with Crippen LogP contribution in [0.1, 0.15) is 37.3 Å². The summed E-state index contributed by atoms with van der Waals surface area (Å²) < 4.78 is 15.8. The van der Waals surface area contributed by atoms with Gasteiger partial charge in [-0.3, -0.25) is 14.9 Å². The summed E-state index contributed by atoms with van der Waals surface area (Å²) in [4.78, 5) is 40.4. The van der Waals surface area contributed by atoms with Crippen LogP contribution in [0.4, 0.5) is 0 Å². The number of amides is 1. The average Bonchev–Trinajstić information content (AvgIpc) is 3.40.